The van der Waals surface area contributed by atoms with Crippen molar-refractivity contribution in [2.75, 3.05) is 18.4 Å². The number of benzene rings is 2. The van der Waals surface area contributed by atoms with Gasteiger partial charge in [-0.15, -0.1) is 0 Å². The number of rotatable bonds is 8. The number of aromatic nitrogens is 2. The zero-order valence-corrected chi connectivity index (χ0v) is 21.2. The molecule has 0 unspecified atom stereocenters. The first-order valence-corrected chi connectivity index (χ1v) is 12.8. The Balaban J connectivity index is 1.78. The first-order chi connectivity index (χ1) is 15.5. The number of nitrogens with one attached hydrogen (secondary N) is 1. The van der Waals surface area contributed by atoms with Crippen LogP contribution in [-0.2, 0) is 33.7 Å². The molecule has 2 aromatic carbocycles. The number of carbonyl (C=O) groups excluding carboxylic acids is 1. The second kappa shape index (κ2) is 9.65. The number of amides is 1. The van der Waals surface area contributed by atoms with Crippen LogP contribution in [-0.4, -0.2) is 41.3 Å². The molecule has 1 amide bonds. The van der Waals surface area contributed by atoms with Crippen molar-refractivity contribution in [3.8, 4) is 0 Å². The number of para-hydroxylation sites is 1. The summed E-state index contributed by atoms with van der Waals surface area (Å²) in [6, 6.07) is 12.9. The van der Waals surface area contributed by atoms with Gasteiger partial charge in [0.25, 0.3) is 0 Å². The monoisotopic (exact) mass is 470 g/mol. The van der Waals surface area contributed by atoms with E-state index in [0.29, 0.717) is 25.0 Å². The molecule has 178 valence electrons. The van der Waals surface area contributed by atoms with Gasteiger partial charge in [0.05, 0.1) is 15.9 Å². The fourth-order valence-corrected chi connectivity index (χ4v) is 5.49. The highest BCUT2D eigenvalue weighted by atomic mass is 32.2. The van der Waals surface area contributed by atoms with Crippen LogP contribution in [0.15, 0.2) is 47.4 Å². The Kier molecular flexibility index (Phi) is 7.29. The molecule has 0 atom stereocenters. The van der Waals surface area contributed by atoms with Crippen molar-refractivity contribution in [2.45, 2.75) is 57.8 Å². The topological polar surface area (TPSA) is 84.3 Å². The summed E-state index contributed by atoms with van der Waals surface area (Å²) in [6.07, 6.45) is 0.729. The summed E-state index contributed by atoms with van der Waals surface area (Å²) in [5.41, 5.74) is 3.28. The Morgan fingerprint density at radius 3 is 2.39 bits per heavy atom. The molecule has 0 spiro atoms. The molecule has 33 heavy (non-hydrogen) atoms. The molecule has 0 aliphatic heterocycles. The van der Waals surface area contributed by atoms with E-state index in [1.54, 1.807) is 18.2 Å². The maximum absolute atomic E-state index is 12.9. The van der Waals surface area contributed by atoms with Gasteiger partial charge in [-0.3, -0.25) is 4.79 Å². The molecule has 3 rings (SSSR count). The van der Waals surface area contributed by atoms with Crippen molar-refractivity contribution in [2.24, 2.45) is 7.05 Å². The zero-order valence-electron chi connectivity index (χ0n) is 20.3. The van der Waals surface area contributed by atoms with Crippen LogP contribution in [0.1, 0.15) is 52.4 Å². The van der Waals surface area contributed by atoms with Crippen LogP contribution in [0.5, 0.6) is 0 Å². The highest BCUT2D eigenvalue weighted by Crippen LogP contribution is 2.29. The third-order valence-electron chi connectivity index (χ3n) is 5.87. The summed E-state index contributed by atoms with van der Waals surface area (Å²) >= 11 is 0. The maximum Gasteiger partial charge on any atom is 0.243 e. The van der Waals surface area contributed by atoms with Crippen LogP contribution in [0.3, 0.4) is 0 Å². The molecule has 3 aromatic rings. The Labute approximate surface area is 196 Å². The standard InChI is InChI=1S/C25H34N4O3S/c1-7-29(8-2)33(31,32)18-13-14-22-21(17-18)26-23(28(22)6)15-16-24(30)27-20-12-10-9-11-19(20)25(3,4)5/h9-14,17H,7-8,15-16H2,1-6H3,(H,27,30). The number of imidazole rings is 1. The van der Waals surface area contributed by atoms with Crippen molar-refractivity contribution in [3.63, 3.8) is 0 Å². The molecule has 1 heterocycles. The molecule has 0 fully saturated rings. The van der Waals surface area contributed by atoms with E-state index < -0.39 is 10.0 Å². The Morgan fingerprint density at radius 2 is 1.76 bits per heavy atom. The highest BCUT2D eigenvalue weighted by Gasteiger charge is 2.23. The minimum Gasteiger partial charge on any atom is -0.331 e. The van der Waals surface area contributed by atoms with Gasteiger partial charge in [-0.05, 0) is 35.2 Å². The minimum absolute atomic E-state index is 0.0789. The molecule has 0 aliphatic carbocycles. The van der Waals surface area contributed by atoms with Crippen LogP contribution in [0.4, 0.5) is 5.69 Å². The summed E-state index contributed by atoms with van der Waals surface area (Å²) in [5.74, 6) is 0.658. The third kappa shape index (κ3) is 5.28. The number of aryl methyl sites for hydroxylation is 2. The van der Waals surface area contributed by atoms with E-state index in [9.17, 15) is 13.2 Å². The van der Waals surface area contributed by atoms with Gasteiger partial charge < -0.3 is 9.88 Å². The predicted octanol–water partition coefficient (Wildman–Crippen LogP) is 4.47. The van der Waals surface area contributed by atoms with Gasteiger partial charge in [0.2, 0.25) is 15.9 Å². The molecule has 7 nitrogen and oxygen atoms in total. The van der Waals surface area contributed by atoms with E-state index in [2.05, 4.69) is 31.1 Å². The fourth-order valence-electron chi connectivity index (χ4n) is 4.01. The summed E-state index contributed by atoms with van der Waals surface area (Å²) < 4.78 is 29.1. The Bertz CT molecular complexity index is 1250. The van der Waals surface area contributed by atoms with Crippen molar-refractivity contribution in [1.82, 2.24) is 13.9 Å². The van der Waals surface area contributed by atoms with Crippen molar-refractivity contribution < 1.29 is 13.2 Å². The van der Waals surface area contributed by atoms with Gasteiger partial charge in [0.1, 0.15) is 5.82 Å². The lowest BCUT2D eigenvalue weighted by atomic mass is 9.86. The lowest BCUT2D eigenvalue weighted by Crippen LogP contribution is -2.30. The molecular formula is C25H34N4O3S. The number of nitrogens with zero attached hydrogens (tertiary/aromatic N) is 3. The van der Waals surface area contributed by atoms with Crippen LogP contribution in [0.2, 0.25) is 0 Å². The summed E-state index contributed by atoms with van der Waals surface area (Å²) in [6.45, 7) is 10.8. The van der Waals surface area contributed by atoms with Crippen LogP contribution < -0.4 is 5.32 Å². The normalized spacial score (nSPS) is 12.5. The largest absolute Gasteiger partial charge is 0.331 e. The van der Waals surface area contributed by atoms with Gasteiger partial charge in [0, 0.05) is 38.7 Å². The van der Waals surface area contributed by atoms with E-state index in [1.807, 2.05) is 49.7 Å². The minimum atomic E-state index is -3.55. The molecular weight excluding hydrogens is 436 g/mol. The van der Waals surface area contributed by atoms with E-state index in [1.165, 1.54) is 4.31 Å². The SMILES string of the molecule is CCN(CC)S(=O)(=O)c1ccc2c(c1)nc(CCC(=O)Nc1ccccc1C(C)(C)C)n2C. The number of sulfonamides is 1. The maximum atomic E-state index is 12.9. The van der Waals surface area contributed by atoms with Crippen LogP contribution >= 0.6 is 0 Å². The average Bonchev–Trinajstić information content (AvgIpc) is 3.07. The Hall–Kier alpha value is -2.71. The number of carbonyl (C=O) groups is 1. The van der Waals surface area contributed by atoms with E-state index in [-0.39, 0.29) is 22.6 Å². The molecule has 0 aliphatic rings. The predicted molar refractivity (Wildman–Crippen MR) is 133 cm³/mol. The number of anilines is 1. The molecule has 0 bridgehead atoms. The number of hydrogen-bond donors (Lipinski definition) is 1. The van der Waals surface area contributed by atoms with Crippen LogP contribution in [0, 0.1) is 0 Å². The Morgan fingerprint density at radius 1 is 1.09 bits per heavy atom. The van der Waals surface area contributed by atoms with Gasteiger partial charge in [0.15, 0.2) is 0 Å². The summed E-state index contributed by atoms with van der Waals surface area (Å²) in [5, 5.41) is 3.03. The van der Waals surface area contributed by atoms with Crippen molar-refractivity contribution in [1.29, 1.82) is 0 Å². The van der Waals surface area contributed by atoms with Gasteiger partial charge >= 0.3 is 0 Å². The van der Waals surface area contributed by atoms with Crippen LogP contribution in [0.25, 0.3) is 11.0 Å². The lowest BCUT2D eigenvalue weighted by molar-refractivity contribution is -0.116. The summed E-state index contributed by atoms with van der Waals surface area (Å²) in [4.78, 5) is 17.6. The molecule has 8 heteroatoms. The first-order valence-electron chi connectivity index (χ1n) is 11.3. The lowest BCUT2D eigenvalue weighted by Gasteiger charge is -2.23. The zero-order chi connectivity index (χ0) is 24.4. The molecule has 1 aromatic heterocycles. The number of hydrogen-bond acceptors (Lipinski definition) is 4. The average molecular weight is 471 g/mol. The second-order valence-corrected chi connectivity index (χ2v) is 11.1. The number of fused-ring (bicyclic) bond motifs is 1. The van der Waals surface area contributed by atoms with Gasteiger partial charge in [-0.1, -0.05) is 52.8 Å². The van der Waals surface area contributed by atoms with Crippen molar-refractivity contribution in [3.05, 3.63) is 53.9 Å². The first kappa shape index (κ1) is 24.9. The van der Waals surface area contributed by atoms with E-state index >= 15 is 0 Å². The second-order valence-electron chi connectivity index (χ2n) is 9.17. The molecule has 0 saturated heterocycles. The van der Waals surface area contributed by atoms with Gasteiger partial charge in [-0.25, -0.2) is 13.4 Å². The van der Waals surface area contributed by atoms with E-state index in [0.717, 1.165) is 22.6 Å². The third-order valence-corrected chi connectivity index (χ3v) is 7.92. The molecule has 0 radical (unpaired) electrons. The molecule has 0 saturated carbocycles. The quantitative estimate of drug-likeness (QED) is 0.526. The fraction of sp³-hybridized carbons (Fsp3) is 0.440. The smallest absolute Gasteiger partial charge is 0.243 e. The molecule has 1 N–H and O–H groups in total. The summed E-state index contributed by atoms with van der Waals surface area (Å²) in [7, 11) is -1.67. The van der Waals surface area contributed by atoms with Crippen molar-refractivity contribution >= 4 is 32.7 Å². The highest BCUT2D eigenvalue weighted by molar-refractivity contribution is 7.89. The van der Waals surface area contributed by atoms with Gasteiger partial charge in [-0.2, -0.15) is 4.31 Å². The van der Waals surface area contributed by atoms with E-state index in [4.69, 9.17) is 0 Å².